The number of hydrogen-bond acceptors (Lipinski definition) is 6. The van der Waals surface area contributed by atoms with E-state index < -0.39 is 11.7 Å². The zero-order chi connectivity index (χ0) is 25.3. The van der Waals surface area contributed by atoms with Gasteiger partial charge in [0.25, 0.3) is 0 Å². The molecule has 188 valence electrons. The van der Waals surface area contributed by atoms with Crippen molar-refractivity contribution in [2.45, 2.75) is 63.8 Å². The number of ether oxygens (including phenoxy) is 1. The number of carbonyl (C=O) groups is 2. The van der Waals surface area contributed by atoms with Gasteiger partial charge in [-0.15, -0.1) is 0 Å². The first-order chi connectivity index (χ1) is 17.4. The normalized spacial score (nSPS) is 24.1. The highest BCUT2D eigenvalue weighted by Gasteiger charge is 2.46. The van der Waals surface area contributed by atoms with Crippen molar-refractivity contribution in [1.29, 1.82) is 5.26 Å². The van der Waals surface area contributed by atoms with Crippen molar-refractivity contribution in [3.63, 3.8) is 0 Å². The Morgan fingerprint density at radius 1 is 1.36 bits per heavy atom. The quantitative estimate of drug-likeness (QED) is 0.594. The van der Waals surface area contributed by atoms with E-state index in [0.29, 0.717) is 49.7 Å². The molecule has 0 radical (unpaired) electrons. The topological polar surface area (TPSA) is 125 Å². The van der Waals surface area contributed by atoms with E-state index in [1.54, 1.807) is 18.3 Å². The van der Waals surface area contributed by atoms with Crippen LogP contribution in [-0.4, -0.2) is 50.7 Å². The molecule has 1 fully saturated rings. The minimum atomic E-state index is -0.807. The number of hydrazone groups is 1. The Labute approximate surface area is 217 Å². The van der Waals surface area contributed by atoms with Crippen LogP contribution in [0.2, 0.25) is 0 Å². The van der Waals surface area contributed by atoms with E-state index >= 15 is 0 Å². The molecule has 1 aliphatic carbocycles. The van der Waals surface area contributed by atoms with Gasteiger partial charge in [0.2, 0.25) is 0 Å². The summed E-state index contributed by atoms with van der Waals surface area (Å²) >= 11 is 3.55. The maximum absolute atomic E-state index is 12.8. The Kier molecular flexibility index (Phi) is 6.71. The lowest BCUT2D eigenvalue weighted by molar-refractivity contribution is 0.0154. The van der Waals surface area contributed by atoms with Gasteiger partial charge < -0.3 is 15.0 Å². The van der Waals surface area contributed by atoms with Crippen molar-refractivity contribution < 1.29 is 14.3 Å². The lowest BCUT2D eigenvalue weighted by Crippen LogP contribution is -2.53. The summed E-state index contributed by atoms with van der Waals surface area (Å²) in [5.74, 6) is 0.396. The summed E-state index contributed by atoms with van der Waals surface area (Å²) < 4.78 is 8.53. The van der Waals surface area contributed by atoms with Crippen molar-refractivity contribution in [2.75, 3.05) is 6.54 Å². The van der Waals surface area contributed by atoms with E-state index in [9.17, 15) is 14.9 Å². The average Bonchev–Trinajstić information content (AvgIpc) is 3.34. The Balaban J connectivity index is 1.20. The molecule has 0 bridgehead atoms. The van der Waals surface area contributed by atoms with Gasteiger partial charge in [0.1, 0.15) is 5.71 Å². The van der Waals surface area contributed by atoms with Crippen LogP contribution in [0.3, 0.4) is 0 Å². The van der Waals surface area contributed by atoms with Crippen LogP contribution < -0.4 is 10.7 Å². The molecule has 1 saturated carbocycles. The van der Waals surface area contributed by atoms with Crippen LogP contribution in [0.25, 0.3) is 0 Å². The smallest absolute Gasteiger partial charge is 0.428 e. The Morgan fingerprint density at radius 3 is 2.92 bits per heavy atom. The number of carbonyl (C=O) groups excluding carboxylic acids is 2. The van der Waals surface area contributed by atoms with Crippen LogP contribution in [-0.2, 0) is 17.8 Å². The summed E-state index contributed by atoms with van der Waals surface area (Å²) in [5, 5.41) is 21.0. The summed E-state index contributed by atoms with van der Waals surface area (Å²) in [5.41, 5.74) is 4.69. The molecule has 2 aromatic rings. The van der Waals surface area contributed by atoms with Crippen molar-refractivity contribution in [3.05, 3.63) is 51.8 Å². The number of fused-ring (bicyclic) bond motifs is 1. The van der Waals surface area contributed by atoms with E-state index in [1.165, 1.54) is 0 Å². The molecule has 1 spiro atoms. The van der Waals surface area contributed by atoms with Gasteiger partial charge >= 0.3 is 12.1 Å². The number of urea groups is 1. The number of nitrogens with one attached hydrogen (secondary N) is 2. The van der Waals surface area contributed by atoms with Gasteiger partial charge in [-0.1, -0.05) is 22.0 Å². The largest absolute Gasteiger partial charge is 0.435 e. The fourth-order valence-electron chi connectivity index (χ4n) is 5.47. The van der Waals surface area contributed by atoms with Crippen LogP contribution in [0.15, 0.2) is 40.0 Å². The third-order valence-electron chi connectivity index (χ3n) is 7.33. The van der Waals surface area contributed by atoms with Crippen LogP contribution in [0.4, 0.5) is 9.59 Å². The lowest BCUT2D eigenvalue weighted by atomic mass is 9.73. The Bertz CT molecular complexity index is 1240. The minimum absolute atomic E-state index is 0.0276. The summed E-state index contributed by atoms with van der Waals surface area (Å²) in [6, 6.07) is 9.37. The molecule has 3 aliphatic rings. The molecule has 36 heavy (non-hydrogen) atoms. The Morgan fingerprint density at radius 2 is 2.17 bits per heavy atom. The number of halogens is 1. The first kappa shape index (κ1) is 24.3. The molecule has 2 aliphatic heterocycles. The van der Waals surface area contributed by atoms with Gasteiger partial charge in [-0.05, 0) is 63.1 Å². The first-order valence-corrected chi connectivity index (χ1v) is 13.0. The summed E-state index contributed by atoms with van der Waals surface area (Å²) in [6.07, 6.45) is 5.07. The fraction of sp³-hybridized carbons (Fsp3) is 0.480. The van der Waals surface area contributed by atoms with Gasteiger partial charge in [0.05, 0.1) is 30.4 Å². The molecular formula is C25H28BrN7O3. The summed E-state index contributed by atoms with van der Waals surface area (Å²) in [7, 11) is 0. The number of aromatic nitrogens is 2. The number of hydrogen-bond donors (Lipinski definition) is 2. The predicted octanol–water partition coefficient (Wildman–Crippen LogP) is 3.89. The van der Waals surface area contributed by atoms with E-state index in [0.717, 1.165) is 35.0 Å². The molecule has 1 aromatic heterocycles. The SMILES string of the molecule is C[C@@H](CC1CCC2(CC1)OC(=O)NN=C2c1ccc(C#N)cc1Br)NC(=O)N1CCn2nccc2C1. The molecule has 0 saturated heterocycles. The zero-order valence-electron chi connectivity index (χ0n) is 20.0. The van der Waals surface area contributed by atoms with E-state index in [1.807, 2.05) is 28.6 Å². The second-order valence-electron chi connectivity index (χ2n) is 9.76. The van der Waals surface area contributed by atoms with Crippen LogP contribution in [0.5, 0.6) is 0 Å². The molecule has 0 unspecified atom stereocenters. The van der Waals surface area contributed by atoms with Gasteiger partial charge in [-0.25, -0.2) is 15.0 Å². The number of amides is 3. The molecule has 1 aromatic carbocycles. The first-order valence-electron chi connectivity index (χ1n) is 12.2. The van der Waals surface area contributed by atoms with Crippen molar-refractivity contribution in [2.24, 2.45) is 11.0 Å². The van der Waals surface area contributed by atoms with E-state index in [4.69, 9.17) is 4.74 Å². The maximum atomic E-state index is 12.8. The maximum Gasteiger partial charge on any atom is 0.428 e. The van der Waals surface area contributed by atoms with Gasteiger partial charge in [-0.2, -0.15) is 15.5 Å². The lowest BCUT2D eigenvalue weighted by Gasteiger charge is -2.42. The van der Waals surface area contributed by atoms with Gasteiger partial charge in [-0.3, -0.25) is 4.68 Å². The number of nitrogens with zero attached hydrogens (tertiary/aromatic N) is 5. The van der Waals surface area contributed by atoms with Crippen molar-refractivity contribution in [3.8, 4) is 6.07 Å². The van der Waals surface area contributed by atoms with Gasteiger partial charge in [0, 0.05) is 28.8 Å². The van der Waals surface area contributed by atoms with Crippen LogP contribution >= 0.6 is 15.9 Å². The average molecular weight is 554 g/mol. The molecular weight excluding hydrogens is 526 g/mol. The minimum Gasteiger partial charge on any atom is -0.435 e. The Hall–Kier alpha value is -3.39. The fourth-order valence-corrected chi connectivity index (χ4v) is 6.04. The van der Waals surface area contributed by atoms with Crippen molar-refractivity contribution >= 4 is 33.8 Å². The summed E-state index contributed by atoms with van der Waals surface area (Å²) in [6.45, 7) is 3.96. The van der Waals surface area contributed by atoms with Gasteiger partial charge in [0.15, 0.2) is 5.60 Å². The molecule has 3 amide bonds. The molecule has 10 nitrogen and oxygen atoms in total. The summed E-state index contributed by atoms with van der Waals surface area (Å²) in [4.78, 5) is 26.8. The highest BCUT2D eigenvalue weighted by Crippen LogP contribution is 2.41. The highest BCUT2D eigenvalue weighted by molar-refractivity contribution is 9.10. The zero-order valence-corrected chi connectivity index (χ0v) is 21.6. The van der Waals surface area contributed by atoms with Crippen LogP contribution in [0.1, 0.15) is 55.8 Å². The second-order valence-corrected chi connectivity index (χ2v) is 10.6. The van der Waals surface area contributed by atoms with E-state index in [2.05, 4.69) is 42.9 Å². The second kappa shape index (κ2) is 9.93. The third-order valence-corrected chi connectivity index (χ3v) is 7.98. The predicted molar refractivity (Wildman–Crippen MR) is 135 cm³/mol. The molecule has 5 rings (SSSR count). The highest BCUT2D eigenvalue weighted by atomic mass is 79.9. The molecule has 2 N–H and O–H groups in total. The molecule has 3 heterocycles. The monoisotopic (exact) mass is 553 g/mol. The van der Waals surface area contributed by atoms with Crippen LogP contribution in [0, 0.1) is 17.2 Å². The number of nitriles is 1. The number of benzene rings is 1. The molecule has 1 atom stereocenters. The van der Waals surface area contributed by atoms with E-state index in [-0.39, 0.29) is 12.1 Å². The number of rotatable bonds is 4. The van der Waals surface area contributed by atoms with Crippen molar-refractivity contribution in [1.82, 2.24) is 25.4 Å². The third kappa shape index (κ3) is 4.82. The standard InChI is InChI=1S/C25H28BrN7O3/c1-16(29-23(34)32-10-11-33-19(15-32)6-9-28-33)12-17-4-7-25(8-5-17)22(30-31-24(35)36-25)20-3-2-18(14-27)13-21(20)26/h2-3,6,9,13,16-17H,4-5,7-8,10-12,15H2,1H3,(H,29,34)(H,31,35)/t16-,17?,25?/m0/s1. The molecule has 11 heteroatoms.